The quantitative estimate of drug-likeness (QED) is 0.766. The second-order valence-electron chi connectivity index (χ2n) is 6.15. The van der Waals surface area contributed by atoms with Gasteiger partial charge in [0.2, 0.25) is 0 Å². The van der Waals surface area contributed by atoms with E-state index in [4.69, 9.17) is 0 Å². The maximum absolute atomic E-state index is 13.5. The Hall–Kier alpha value is -0.970. The third kappa shape index (κ3) is 6.46. The van der Waals surface area contributed by atoms with Crippen LogP contribution >= 0.6 is 0 Å². The molecule has 0 amide bonds. The van der Waals surface area contributed by atoms with Gasteiger partial charge in [-0.2, -0.15) is 0 Å². The van der Waals surface area contributed by atoms with Crippen LogP contribution in [-0.2, 0) is 6.42 Å². The van der Waals surface area contributed by atoms with Crippen molar-refractivity contribution in [1.29, 1.82) is 0 Å². The zero-order chi connectivity index (χ0) is 15.2. The van der Waals surface area contributed by atoms with E-state index in [1.165, 1.54) is 6.07 Å². The summed E-state index contributed by atoms with van der Waals surface area (Å²) in [5.74, 6) is -0.140. The highest BCUT2D eigenvalue weighted by atomic mass is 19.1. The maximum atomic E-state index is 13.5. The molecule has 1 aromatic rings. The van der Waals surface area contributed by atoms with Gasteiger partial charge in [-0.15, -0.1) is 0 Å². The van der Waals surface area contributed by atoms with Gasteiger partial charge in [0, 0.05) is 19.1 Å². The zero-order valence-electron chi connectivity index (χ0n) is 13.0. The molecular formula is C16H27FN2O. The highest BCUT2D eigenvalue weighted by Gasteiger charge is 2.21. The molecule has 4 heteroatoms. The van der Waals surface area contributed by atoms with Crippen molar-refractivity contribution in [1.82, 2.24) is 10.2 Å². The Balaban J connectivity index is 2.34. The van der Waals surface area contributed by atoms with Gasteiger partial charge in [-0.1, -0.05) is 18.2 Å². The number of nitrogens with zero attached hydrogens (tertiary/aromatic N) is 1. The molecular weight excluding hydrogens is 255 g/mol. The number of aliphatic hydroxyl groups is 1. The molecule has 0 aromatic heterocycles. The second kappa shape index (κ2) is 7.72. The summed E-state index contributed by atoms with van der Waals surface area (Å²) in [6, 6.07) is 7.12. The lowest BCUT2D eigenvalue weighted by Gasteiger charge is -2.28. The standard InChI is InChI=1S/C16H27FN2O/c1-13(18-11-16(2,20)12-19(3)4)9-10-14-7-5-6-8-15(14)17/h5-8,13,18,20H,9-12H2,1-4H3. The van der Waals surface area contributed by atoms with Crippen LogP contribution in [0.15, 0.2) is 24.3 Å². The van der Waals surface area contributed by atoms with Crippen molar-refractivity contribution in [2.75, 3.05) is 27.2 Å². The van der Waals surface area contributed by atoms with Gasteiger partial charge in [0.25, 0.3) is 0 Å². The van der Waals surface area contributed by atoms with Gasteiger partial charge in [0.15, 0.2) is 0 Å². The molecule has 0 saturated carbocycles. The molecule has 0 spiro atoms. The Morgan fingerprint density at radius 2 is 2.00 bits per heavy atom. The van der Waals surface area contributed by atoms with Crippen LogP contribution in [0.25, 0.3) is 0 Å². The van der Waals surface area contributed by atoms with Gasteiger partial charge < -0.3 is 15.3 Å². The highest BCUT2D eigenvalue weighted by molar-refractivity contribution is 5.17. The Morgan fingerprint density at radius 1 is 1.35 bits per heavy atom. The van der Waals surface area contributed by atoms with Gasteiger partial charge in [-0.3, -0.25) is 0 Å². The molecule has 20 heavy (non-hydrogen) atoms. The van der Waals surface area contributed by atoms with E-state index in [0.29, 0.717) is 19.5 Å². The van der Waals surface area contributed by atoms with E-state index in [2.05, 4.69) is 12.2 Å². The average Bonchev–Trinajstić information content (AvgIpc) is 2.34. The molecule has 0 saturated heterocycles. The fourth-order valence-corrected chi connectivity index (χ4v) is 2.31. The minimum atomic E-state index is -0.754. The normalized spacial score (nSPS) is 16.1. The second-order valence-corrected chi connectivity index (χ2v) is 6.15. The number of aryl methyl sites for hydroxylation is 1. The van der Waals surface area contributed by atoms with Crippen molar-refractivity contribution >= 4 is 0 Å². The summed E-state index contributed by atoms with van der Waals surface area (Å²) in [5.41, 5.74) is -0.00310. The third-order valence-corrected chi connectivity index (χ3v) is 3.29. The molecule has 0 aliphatic carbocycles. The first-order valence-electron chi connectivity index (χ1n) is 7.14. The van der Waals surface area contributed by atoms with Crippen molar-refractivity contribution in [3.63, 3.8) is 0 Å². The molecule has 0 heterocycles. The number of benzene rings is 1. The zero-order valence-corrected chi connectivity index (χ0v) is 13.0. The molecule has 0 bridgehead atoms. The van der Waals surface area contributed by atoms with Crippen molar-refractivity contribution in [2.45, 2.75) is 38.3 Å². The van der Waals surface area contributed by atoms with Crippen LogP contribution in [0, 0.1) is 5.82 Å². The van der Waals surface area contributed by atoms with Crippen LogP contribution in [0.5, 0.6) is 0 Å². The lowest BCUT2D eigenvalue weighted by molar-refractivity contribution is 0.0316. The number of rotatable bonds is 8. The molecule has 114 valence electrons. The number of hydrogen-bond donors (Lipinski definition) is 2. The first kappa shape index (κ1) is 17.1. The fourth-order valence-electron chi connectivity index (χ4n) is 2.31. The van der Waals surface area contributed by atoms with E-state index >= 15 is 0 Å². The third-order valence-electron chi connectivity index (χ3n) is 3.29. The minimum Gasteiger partial charge on any atom is -0.388 e. The molecule has 2 atom stereocenters. The predicted molar refractivity (Wildman–Crippen MR) is 81.4 cm³/mol. The molecule has 0 radical (unpaired) electrons. The molecule has 0 aliphatic rings. The Kier molecular flexibility index (Phi) is 6.59. The first-order valence-corrected chi connectivity index (χ1v) is 7.14. The van der Waals surface area contributed by atoms with Gasteiger partial charge >= 0.3 is 0 Å². The minimum absolute atomic E-state index is 0.140. The van der Waals surface area contributed by atoms with E-state index < -0.39 is 5.60 Å². The summed E-state index contributed by atoms with van der Waals surface area (Å²) in [5, 5.41) is 13.5. The summed E-state index contributed by atoms with van der Waals surface area (Å²) in [6.45, 7) is 5.03. The van der Waals surface area contributed by atoms with Crippen LogP contribution in [0.2, 0.25) is 0 Å². The monoisotopic (exact) mass is 282 g/mol. The van der Waals surface area contributed by atoms with E-state index in [0.717, 1.165) is 12.0 Å². The van der Waals surface area contributed by atoms with Crippen molar-refractivity contribution in [2.24, 2.45) is 0 Å². The molecule has 2 unspecified atom stereocenters. The molecule has 3 nitrogen and oxygen atoms in total. The van der Waals surface area contributed by atoms with E-state index in [1.54, 1.807) is 6.07 Å². The lowest BCUT2D eigenvalue weighted by Crippen LogP contribution is -2.47. The molecule has 0 aliphatic heterocycles. The summed E-state index contributed by atoms with van der Waals surface area (Å²) in [7, 11) is 3.88. The van der Waals surface area contributed by atoms with E-state index in [1.807, 2.05) is 38.1 Å². The molecule has 1 rings (SSSR count). The largest absolute Gasteiger partial charge is 0.388 e. The molecule has 1 aromatic carbocycles. The number of likely N-dealkylation sites (N-methyl/N-ethyl adjacent to an activating group) is 1. The molecule has 2 N–H and O–H groups in total. The fraction of sp³-hybridized carbons (Fsp3) is 0.625. The van der Waals surface area contributed by atoms with Crippen LogP contribution in [0.3, 0.4) is 0 Å². The van der Waals surface area contributed by atoms with Crippen molar-refractivity contribution < 1.29 is 9.50 Å². The van der Waals surface area contributed by atoms with Crippen molar-refractivity contribution in [3.05, 3.63) is 35.6 Å². The SMILES string of the molecule is CC(CCc1ccccc1F)NCC(C)(O)CN(C)C. The van der Waals surface area contributed by atoms with Crippen LogP contribution < -0.4 is 5.32 Å². The summed E-state index contributed by atoms with van der Waals surface area (Å²) >= 11 is 0. The lowest BCUT2D eigenvalue weighted by atomic mass is 10.0. The molecule has 0 fully saturated rings. The maximum Gasteiger partial charge on any atom is 0.126 e. The number of halogens is 1. The smallest absolute Gasteiger partial charge is 0.126 e. The predicted octanol–water partition coefficient (Wildman–Crippen LogP) is 2.05. The number of nitrogens with one attached hydrogen (secondary N) is 1. The van der Waals surface area contributed by atoms with E-state index in [-0.39, 0.29) is 11.9 Å². The Labute approximate surface area is 121 Å². The van der Waals surface area contributed by atoms with Gasteiger partial charge in [0.1, 0.15) is 5.82 Å². The topological polar surface area (TPSA) is 35.5 Å². The Bertz CT molecular complexity index is 407. The Morgan fingerprint density at radius 3 is 2.60 bits per heavy atom. The van der Waals surface area contributed by atoms with Gasteiger partial charge in [-0.05, 0) is 52.4 Å². The summed E-state index contributed by atoms with van der Waals surface area (Å²) < 4.78 is 13.5. The van der Waals surface area contributed by atoms with E-state index in [9.17, 15) is 9.50 Å². The van der Waals surface area contributed by atoms with Crippen molar-refractivity contribution in [3.8, 4) is 0 Å². The summed E-state index contributed by atoms with van der Waals surface area (Å²) in [4.78, 5) is 1.96. The van der Waals surface area contributed by atoms with Gasteiger partial charge in [0.05, 0.1) is 5.60 Å². The van der Waals surface area contributed by atoms with Crippen LogP contribution in [0.1, 0.15) is 25.8 Å². The van der Waals surface area contributed by atoms with Crippen LogP contribution in [0.4, 0.5) is 4.39 Å². The highest BCUT2D eigenvalue weighted by Crippen LogP contribution is 2.11. The van der Waals surface area contributed by atoms with Gasteiger partial charge in [-0.25, -0.2) is 4.39 Å². The summed E-state index contributed by atoms with van der Waals surface area (Å²) in [6.07, 6.45) is 1.55. The number of hydrogen-bond acceptors (Lipinski definition) is 3. The average molecular weight is 282 g/mol. The first-order chi connectivity index (χ1) is 9.30. The van der Waals surface area contributed by atoms with Crippen LogP contribution in [-0.4, -0.2) is 48.8 Å².